The van der Waals surface area contributed by atoms with Gasteiger partial charge in [0.1, 0.15) is 6.61 Å². The van der Waals surface area contributed by atoms with Crippen molar-refractivity contribution in [2.75, 3.05) is 6.61 Å². The maximum absolute atomic E-state index is 12.2. The summed E-state index contributed by atoms with van der Waals surface area (Å²) in [6, 6.07) is 28.7. The quantitative estimate of drug-likeness (QED) is 0.412. The van der Waals surface area contributed by atoms with Crippen LogP contribution in [0.15, 0.2) is 84.9 Å². The minimum Gasteiger partial charge on any atom is -0.445 e. The molecule has 1 aliphatic rings. The van der Waals surface area contributed by atoms with E-state index < -0.39 is 0 Å². The predicted molar refractivity (Wildman–Crippen MR) is 133 cm³/mol. The number of benzene rings is 3. The molecular weight excluding hydrogens is 410 g/mol. The molecule has 2 unspecified atom stereocenters. The zero-order valence-electron chi connectivity index (χ0n) is 19.1. The van der Waals surface area contributed by atoms with Crippen molar-refractivity contribution < 1.29 is 14.3 Å². The van der Waals surface area contributed by atoms with Crippen molar-refractivity contribution in [1.82, 2.24) is 5.32 Å². The SMILES string of the molecule is Cc1ccc(/C(=C/c2ccccc2)COC2CCC(NC(=O)OCc3ccccc3)C2)cc1. The van der Waals surface area contributed by atoms with E-state index in [0.29, 0.717) is 6.61 Å². The van der Waals surface area contributed by atoms with Gasteiger partial charge in [0, 0.05) is 6.04 Å². The van der Waals surface area contributed by atoms with Crippen LogP contribution >= 0.6 is 0 Å². The number of hydrogen-bond donors (Lipinski definition) is 1. The predicted octanol–water partition coefficient (Wildman–Crippen LogP) is 6.40. The van der Waals surface area contributed by atoms with E-state index in [1.54, 1.807) is 0 Å². The summed E-state index contributed by atoms with van der Waals surface area (Å²) >= 11 is 0. The molecule has 0 radical (unpaired) electrons. The third kappa shape index (κ3) is 7.06. The molecule has 0 aliphatic heterocycles. The Hall–Kier alpha value is -3.37. The van der Waals surface area contributed by atoms with E-state index >= 15 is 0 Å². The van der Waals surface area contributed by atoms with Crippen molar-refractivity contribution in [1.29, 1.82) is 0 Å². The molecule has 1 aliphatic carbocycles. The van der Waals surface area contributed by atoms with Gasteiger partial charge in [-0.1, -0.05) is 90.5 Å². The Labute approximate surface area is 196 Å². The van der Waals surface area contributed by atoms with Crippen LogP contribution in [-0.2, 0) is 16.1 Å². The largest absolute Gasteiger partial charge is 0.445 e. The molecule has 0 saturated heterocycles. The van der Waals surface area contributed by atoms with Crippen LogP contribution in [0, 0.1) is 6.92 Å². The van der Waals surface area contributed by atoms with Gasteiger partial charge in [-0.2, -0.15) is 0 Å². The first-order chi connectivity index (χ1) is 16.2. The van der Waals surface area contributed by atoms with Gasteiger partial charge in [-0.25, -0.2) is 4.79 Å². The number of hydrogen-bond acceptors (Lipinski definition) is 3. The molecule has 3 aromatic rings. The molecule has 3 aromatic carbocycles. The highest BCUT2D eigenvalue weighted by Crippen LogP contribution is 2.26. The van der Waals surface area contributed by atoms with Crippen LogP contribution in [0.3, 0.4) is 0 Å². The molecular formula is C29H31NO3. The summed E-state index contributed by atoms with van der Waals surface area (Å²) in [5, 5.41) is 2.99. The lowest BCUT2D eigenvalue weighted by Gasteiger charge is -2.16. The first-order valence-electron chi connectivity index (χ1n) is 11.6. The van der Waals surface area contributed by atoms with Crippen LogP contribution in [0.5, 0.6) is 0 Å². The van der Waals surface area contributed by atoms with E-state index in [2.05, 4.69) is 54.7 Å². The molecule has 1 N–H and O–H groups in total. The van der Waals surface area contributed by atoms with Gasteiger partial charge in [0.25, 0.3) is 0 Å². The standard InChI is InChI=1S/C29H31NO3/c1-22-12-14-25(15-13-22)26(18-23-8-4-2-5-9-23)21-32-28-17-16-27(19-28)30-29(31)33-20-24-10-6-3-7-11-24/h2-15,18,27-28H,16-17,19-21H2,1H3,(H,30,31)/b26-18+. The van der Waals surface area contributed by atoms with Crippen molar-refractivity contribution in [3.8, 4) is 0 Å². The second-order valence-corrected chi connectivity index (χ2v) is 8.60. The number of carbonyl (C=O) groups is 1. The monoisotopic (exact) mass is 441 g/mol. The number of alkyl carbamates (subject to hydrolysis) is 1. The molecule has 4 heteroatoms. The zero-order valence-corrected chi connectivity index (χ0v) is 19.1. The molecule has 4 rings (SSSR count). The number of ether oxygens (including phenoxy) is 2. The lowest BCUT2D eigenvalue weighted by Crippen LogP contribution is -2.33. The van der Waals surface area contributed by atoms with E-state index in [4.69, 9.17) is 9.47 Å². The smallest absolute Gasteiger partial charge is 0.407 e. The van der Waals surface area contributed by atoms with Crippen LogP contribution in [0.4, 0.5) is 4.79 Å². The molecule has 0 bridgehead atoms. The fourth-order valence-electron chi connectivity index (χ4n) is 4.09. The van der Waals surface area contributed by atoms with Crippen molar-refractivity contribution in [2.45, 2.75) is 44.9 Å². The molecule has 4 nitrogen and oxygen atoms in total. The second-order valence-electron chi connectivity index (χ2n) is 8.60. The molecule has 1 saturated carbocycles. The lowest BCUT2D eigenvalue weighted by molar-refractivity contribution is 0.0814. The lowest BCUT2D eigenvalue weighted by atomic mass is 10.0. The van der Waals surface area contributed by atoms with E-state index in [9.17, 15) is 4.79 Å². The normalized spacial score (nSPS) is 18.2. The summed E-state index contributed by atoms with van der Waals surface area (Å²) in [5.41, 5.74) is 5.70. The van der Waals surface area contributed by atoms with Gasteiger partial charge in [0.05, 0.1) is 12.7 Å². The number of amides is 1. The third-order valence-corrected chi connectivity index (χ3v) is 5.96. The van der Waals surface area contributed by atoms with Crippen LogP contribution < -0.4 is 5.32 Å². The highest BCUT2D eigenvalue weighted by atomic mass is 16.5. The Morgan fingerprint density at radius 2 is 1.64 bits per heavy atom. The molecule has 170 valence electrons. The van der Waals surface area contributed by atoms with Crippen LogP contribution in [0.2, 0.25) is 0 Å². The zero-order chi connectivity index (χ0) is 22.9. The molecule has 33 heavy (non-hydrogen) atoms. The van der Waals surface area contributed by atoms with Gasteiger partial charge in [-0.3, -0.25) is 0 Å². The van der Waals surface area contributed by atoms with Gasteiger partial charge >= 0.3 is 6.09 Å². The average molecular weight is 442 g/mol. The van der Waals surface area contributed by atoms with Crippen molar-refractivity contribution in [3.05, 3.63) is 107 Å². The Morgan fingerprint density at radius 1 is 0.939 bits per heavy atom. The third-order valence-electron chi connectivity index (χ3n) is 5.96. The fourth-order valence-corrected chi connectivity index (χ4v) is 4.09. The average Bonchev–Trinajstić information content (AvgIpc) is 3.29. The van der Waals surface area contributed by atoms with Gasteiger partial charge in [-0.05, 0) is 54.5 Å². The number of carbonyl (C=O) groups excluding carboxylic acids is 1. The van der Waals surface area contributed by atoms with Crippen LogP contribution in [-0.4, -0.2) is 24.8 Å². The van der Waals surface area contributed by atoms with Gasteiger partial charge in [-0.15, -0.1) is 0 Å². The first-order valence-corrected chi connectivity index (χ1v) is 11.6. The highest BCUT2D eigenvalue weighted by Gasteiger charge is 2.27. The molecule has 0 heterocycles. The van der Waals surface area contributed by atoms with Crippen molar-refractivity contribution in [2.24, 2.45) is 0 Å². The Morgan fingerprint density at radius 3 is 2.36 bits per heavy atom. The summed E-state index contributed by atoms with van der Waals surface area (Å²) in [6.45, 7) is 2.91. The summed E-state index contributed by atoms with van der Waals surface area (Å²) < 4.78 is 11.7. The summed E-state index contributed by atoms with van der Waals surface area (Å²) in [4.78, 5) is 12.2. The number of nitrogens with one attached hydrogen (secondary N) is 1. The summed E-state index contributed by atoms with van der Waals surface area (Å²) in [6.07, 6.45) is 4.56. The van der Waals surface area contributed by atoms with E-state index in [1.807, 2.05) is 48.5 Å². The molecule has 1 amide bonds. The maximum Gasteiger partial charge on any atom is 0.407 e. The molecule has 1 fully saturated rings. The first kappa shape index (κ1) is 22.8. The highest BCUT2D eigenvalue weighted by molar-refractivity contribution is 5.82. The minimum absolute atomic E-state index is 0.0826. The molecule has 0 aromatic heterocycles. The van der Waals surface area contributed by atoms with E-state index in [1.165, 1.54) is 11.1 Å². The second kappa shape index (κ2) is 11.5. The van der Waals surface area contributed by atoms with E-state index in [-0.39, 0.29) is 24.8 Å². The minimum atomic E-state index is -0.367. The summed E-state index contributed by atoms with van der Waals surface area (Å²) in [7, 11) is 0. The molecule has 2 atom stereocenters. The number of aryl methyl sites for hydroxylation is 1. The fraction of sp³-hybridized carbons (Fsp3) is 0.276. The molecule has 0 spiro atoms. The Bertz CT molecular complexity index is 1050. The maximum atomic E-state index is 12.2. The van der Waals surface area contributed by atoms with Crippen LogP contribution in [0.25, 0.3) is 11.6 Å². The van der Waals surface area contributed by atoms with E-state index in [0.717, 1.165) is 36.0 Å². The van der Waals surface area contributed by atoms with Crippen molar-refractivity contribution >= 4 is 17.7 Å². The Balaban J connectivity index is 1.30. The van der Waals surface area contributed by atoms with Gasteiger partial charge < -0.3 is 14.8 Å². The van der Waals surface area contributed by atoms with Crippen LogP contribution in [0.1, 0.15) is 41.5 Å². The van der Waals surface area contributed by atoms with Gasteiger partial charge in [0.2, 0.25) is 0 Å². The summed E-state index contributed by atoms with van der Waals surface area (Å²) in [5.74, 6) is 0. The van der Waals surface area contributed by atoms with Gasteiger partial charge in [0.15, 0.2) is 0 Å². The van der Waals surface area contributed by atoms with Crippen molar-refractivity contribution in [3.63, 3.8) is 0 Å². The topological polar surface area (TPSA) is 47.6 Å². The Kier molecular flexibility index (Phi) is 7.94. The number of rotatable bonds is 8.